The second-order valence-corrected chi connectivity index (χ2v) is 5.43. The number of hydrogen-bond acceptors (Lipinski definition) is 1. The molecular formula is C20H20N. The zero-order valence-electron chi connectivity index (χ0n) is 12.5. The molecule has 1 radical (unpaired) electrons. The fourth-order valence-corrected chi connectivity index (χ4v) is 2.85. The molecule has 0 fully saturated rings. The molecule has 0 N–H and O–H groups in total. The summed E-state index contributed by atoms with van der Waals surface area (Å²) in [6.07, 6.45) is 8.66. The van der Waals surface area contributed by atoms with Crippen molar-refractivity contribution in [1.29, 1.82) is 0 Å². The number of hydrogen-bond donors (Lipinski definition) is 0. The lowest BCUT2D eigenvalue weighted by Gasteiger charge is -2.33. The van der Waals surface area contributed by atoms with Crippen LogP contribution in [0, 0.1) is 6.42 Å². The first-order valence-electron chi connectivity index (χ1n) is 7.33. The van der Waals surface area contributed by atoms with Crippen LogP contribution in [0.25, 0.3) is 11.1 Å². The van der Waals surface area contributed by atoms with E-state index in [2.05, 4.69) is 98.1 Å². The van der Waals surface area contributed by atoms with E-state index < -0.39 is 0 Å². The largest absolute Gasteiger partial charge is 0.367 e. The minimum atomic E-state index is 0.319. The molecule has 0 saturated heterocycles. The van der Waals surface area contributed by atoms with Crippen molar-refractivity contribution in [2.75, 3.05) is 11.9 Å². The lowest BCUT2D eigenvalue weighted by atomic mass is 9.96. The molecule has 1 aliphatic carbocycles. The van der Waals surface area contributed by atoms with Gasteiger partial charge in [0.05, 0.1) is 6.04 Å². The van der Waals surface area contributed by atoms with Crippen LogP contribution >= 0.6 is 0 Å². The van der Waals surface area contributed by atoms with Crippen LogP contribution in [0.4, 0.5) is 5.69 Å². The van der Waals surface area contributed by atoms with E-state index in [0.717, 1.165) is 0 Å². The highest BCUT2D eigenvalue weighted by Gasteiger charge is 2.19. The van der Waals surface area contributed by atoms with Gasteiger partial charge in [0.25, 0.3) is 0 Å². The first-order valence-corrected chi connectivity index (χ1v) is 7.33. The maximum Gasteiger partial charge on any atom is 0.0569 e. The molecule has 2 aromatic rings. The fourth-order valence-electron chi connectivity index (χ4n) is 2.85. The van der Waals surface area contributed by atoms with E-state index in [0.29, 0.717) is 6.04 Å². The Kier molecular flexibility index (Phi) is 3.92. The average molecular weight is 274 g/mol. The van der Waals surface area contributed by atoms with Gasteiger partial charge in [-0.25, -0.2) is 0 Å². The Morgan fingerprint density at radius 3 is 2.33 bits per heavy atom. The van der Waals surface area contributed by atoms with Crippen molar-refractivity contribution in [1.82, 2.24) is 0 Å². The SMILES string of the molecule is CC1=CC=C[CH]C1N(C)c1ccccc1-c1ccccc1. The molecule has 1 nitrogen and oxygen atoms in total. The lowest BCUT2D eigenvalue weighted by molar-refractivity contribution is 0.808. The van der Waals surface area contributed by atoms with Crippen LogP contribution in [0.15, 0.2) is 78.4 Å². The molecule has 0 aromatic heterocycles. The first-order chi connectivity index (χ1) is 10.3. The van der Waals surface area contributed by atoms with Crippen LogP contribution < -0.4 is 4.90 Å². The van der Waals surface area contributed by atoms with Crippen LogP contribution in [-0.2, 0) is 0 Å². The van der Waals surface area contributed by atoms with E-state index in [1.165, 1.54) is 22.4 Å². The predicted octanol–water partition coefficient (Wildman–Crippen LogP) is 4.88. The lowest BCUT2D eigenvalue weighted by Crippen LogP contribution is -2.33. The van der Waals surface area contributed by atoms with Gasteiger partial charge in [0.2, 0.25) is 0 Å². The van der Waals surface area contributed by atoms with Gasteiger partial charge < -0.3 is 4.90 Å². The molecule has 0 amide bonds. The predicted molar refractivity (Wildman–Crippen MR) is 91.3 cm³/mol. The second kappa shape index (κ2) is 6.01. The van der Waals surface area contributed by atoms with E-state index >= 15 is 0 Å². The maximum atomic E-state index is 2.34. The Labute approximate surface area is 127 Å². The van der Waals surface area contributed by atoms with E-state index in [1.807, 2.05) is 0 Å². The third-order valence-corrected chi connectivity index (χ3v) is 4.02. The van der Waals surface area contributed by atoms with Crippen LogP contribution in [0.5, 0.6) is 0 Å². The van der Waals surface area contributed by atoms with Gasteiger partial charge in [-0.05, 0) is 18.6 Å². The van der Waals surface area contributed by atoms with Crippen molar-refractivity contribution >= 4 is 5.69 Å². The standard InChI is InChI=1S/C20H20N/c1-16-10-6-8-14-19(16)21(2)20-15-9-7-13-18(20)17-11-4-3-5-12-17/h3-15,19H,1-2H3. The minimum absolute atomic E-state index is 0.319. The molecule has 1 heteroatoms. The smallest absolute Gasteiger partial charge is 0.0569 e. The number of benzene rings is 2. The Morgan fingerprint density at radius 2 is 1.57 bits per heavy atom. The average Bonchev–Trinajstić information content (AvgIpc) is 2.55. The Hall–Kier alpha value is -2.28. The van der Waals surface area contributed by atoms with Crippen LogP contribution in [0.3, 0.4) is 0 Å². The van der Waals surface area contributed by atoms with Gasteiger partial charge in [-0.1, -0.05) is 72.3 Å². The first kappa shape index (κ1) is 13.7. The van der Waals surface area contributed by atoms with Crippen molar-refractivity contribution in [2.45, 2.75) is 13.0 Å². The zero-order chi connectivity index (χ0) is 14.7. The van der Waals surface area contributed by atoms with Gasteiger partial charge in [-0.15, -0.1) is 0 Å². The van der Waals surface area contributed by atoms with Crippen molar-refractivity contribution in [3.05, 3.63) is 84.8 Å². The summed E-state index contributed by atoms with van der Waals surface area (Å²) >= 11 is 0. The molecule has 2 aromatic carbocycles. The van der Waals surface area contributed by atoms with E-state index in [-0.39, 0.29) is 0 Å². The van der Waals surface area contributed by atoms with Gasteiger partial charge in [-0.3, -0.25) is 0 Å². The number of nitrogens with zero attached hydrogens (tertiary/aromatic N) is 1. The molecule has 0 aliphatic heterocycles. The minimum Gasteiger partial charge on any atom is -0.367 e. The Bertz CT molecular complexity index is 667. The molecule has 1 atom stereocenters. The van der Waals surface area contributed by atoms with Crippen molar-refractivity contribution < 1.29 is 0 Å². The number of allylic oxidation sites excluding steroid dienone is 2. The van der Waals surface area contributed by atoms with E-state index in [1.54, 1.807) is 0 Å². The third kappa shape index (κ3) is 2.78. The monoisotopic (exact) mass is 274 g/mol. The quantitative estimate of drug-likeness (QED) is 0.771. The zero-order valence-corrected chi connectivity index (χ0v) is 12.5. The van der Waals surface area contributed by atoms with Crippen LogP contribution in [-0.4, -0.2) is 13.1 Å². The summed E-state index contributed by atoms with van der Waals surface area (Å²) in [5, 5.41) is 0. The molecule has 0 spiro atoms. The van der Waals surface area contributed by atoms with Crippen LogP contribution in [0.1, 0.15) is 6.92 Å². The van der Waals surface area contributed by atoms with Gasteiger partial charge in [0.1, 0.15) is 0 Å². The van der Waals surface area contributed by atoms with Gasteiger partial charge >= 0.3 is 0 Å². The second-order valence-electron chi connectivity index (χ2n) is 5.43. The molecule has 1 unspecified atom stereocenters. The summed E-state index contributed by atoms with van der Waals surface area (Å²) < 4.78 is 0. The highest BCUT2D eigenvalue weighted by Crippen LogP contribution is 2.33. The Morgan fingerprint density at radius 1 is 0.857 bits per heavy atom. The van der Waals surface area contributed by atoms with Gasteiger partial charge in [0, 0.05) is 24.7 Å². The topological polar surface area (TPSA) is 3.24 Å². The summed E-state index contributed by atoms with van der Waals surface area (Å²) in [6.45, 7) is 2.19. The molecule has 0 saturated carbocycles. The fraction of sp³-hybridized carbons (Fsp3) is 0.150. The number of rotatable bonds is 3. The number of likely N-dealkylation sites (N-methyl/N-ethyl adjacent to an activating group) is 1. The summed E-state index contributed by atoms with van der Waals surface area (Å²) in [4.78, 5) is 2.34. The Balaban J connectivity index is 1.99. The molecule has 0 heterocycles. The number of anilines is 1. The van der Waals surface area contributed by atoms with Crippen molar-refractivity contribution in [2.24, 2.45) is 0 Å². The summed E-state index contributed by atoms with van der Waals surface area (Å²) in [5.74, 6) is 0. The number of para-hydroxylation sites is 1. The molecule has 3 rings (SSSR count). The van der Waals surface area contributed by atoms with Gasteiger partial charge in [0.15, 0.2) is 0 Å². The normalized spacial score (nSPS) is 17.4. The van der Waals surface area contributed by atoms with Crippen molar-refractivity contribution in [3.8, 4) is 11.1 Å². The molecule has 0 bridgehead atoms. The molecular weight excluding hydrogens is 254 g/mol. The molecule has 105 valence electrons. The molecule has 21 heavy (non-hydrogen) atoms. The molecule has 1 aliphatic rings. The highest BCUT2D eigenvalue weighted by atomic mass is 15.1. The van der Waals surface area contributed by atoms with Crippen molar-refractivity contribution in [3.63, 3.8) is 0 Å². The van der Waals surface area contributed by atoms with E-state index in [9.17, 15) is 0 Å². The maximum absolute atomic E-state index is 2.34. The van der Waals surface area contributed by atoms with Gasteiger partial charge in [-0.2, -0.15) is 0 Å². The summed E-state index contributed by atoms with van der Waals surface area (Å²) in [7, 11) is 2.17. The third-order valence-electron chi connectivity index (χ3n) is 4.02. The van der Waals surface area contributed by atoms with Crippen LogP contribution in [0.2, 0.25) is 0 Å². The van der Waals surface area contributed by atoms with E-state index in [4.69, 9.17) is 0 Å². The summed E-state index contributed by atoms with van der Waals surface area (Å²) in [5.41, 5.74) is 5.15. The summed E-state index contributed by atoms with van der Waals surface area (Å²) in [6, 6.07) is 19.5. The highest BCUT2D eigenvalue weighted by molar-refractivity contribution is 5.79.